The van der Waals surface area contributed by atoms with Gasteiger partial charge < -0.3 is 10.6 Å². The van der Waals surface area contributed by atoms with Gasteiger partial charge in [0, 0.05) is 0 Å². The molecule has 116 valence electrons. The van der Waals surface area contributed by atoms with Crippen LogP contribution in [0.25, 0.3) is 0 Å². The van der Waals surface area contributed by atoms with Gasteiger partial charge in [-0.2, -0.15) is 0 Å². The topological polar surface area (TPSA) is 84.9 Å². The zero-order valence-corrected chi connectivity index (χ0v) is 12.3. The van der Waals surface area contributed by atoms with Gasteiger partial charge in [0.1, 0.15) is 0 Å². The molecule has 2 fully saturated rings. The number of anilines is 1. The van der Waals surface area contributed by atoms with Crippen molar-refractivity contribution >= 4 is 23.4 Å². The Bertz CT molecular complexity index is 602. The maximum atomic E-state index is 12.7. The van der Waals surface area contributed by atoms with Crippen molar-refractivity contribution in [2.45, 2.75) is 25.3 Å². The predicted molar refractivity (Wildman–Crippen MR) is 80.0 cm³/mol. The molecule has 2 saturated heterocycles. The van der Waals surface area contributed by atoms with Crippen LogP contribution in [0.2, 0.25) is 0 Å². The fourth-order valence-electron chi connectivity index (χ4n) is 3.45. The summed E-state index contributed by atoms with van der Waals surface area (Å²) in [7, 11) is 0. The number of nitrogens with two attached hydrogens (primary N) is 1. The molecule has 0 spiro atoms. The van der Waals surface area contributed by atoms with E-state index in [9.17, 15) is 14.4 Å². The number of imide groups is 1. The van der Waals surface area contributed by atoms with Crippen molar-refractivity contribution in [3.8, 4) is 0 Å². The number of benzene rings is 1. The first-order valence-corrected chi connectivity index (χ1v) is 7.63. The fourth-order valence-corrected chi connectivity index (χ4v) is 3.45. The Balaban J connectivity index is 1.78. The summed E-state index contributed by atoms with van der Waals surface area (Å²) in [6, 6.07) is 8.58. The van der Waals surface area contributed by atoms with E-state index in [-0.39, 0.29) is 30.1 Å². The fraction of sp³-hybridized carbons (Fsp3) is 0.438. The Morgan fingerprint density at radius 2 is 1.95 bits per heavy atom. The van der Waals surface area contributed by atoms with Crippen molar-refractivity contribution in [2.24, 2.45) is 11.7 Å². The van der Waals surface area contributed by atoms with Gasteiger partial charge in [0.05, 0.1) is 31.1 Å². The number of rotatable bonds is 3. The smallest absolute Gasteiger partial charge is 0.292 e. The van der Waals surface area contributed by atoms with E-state index >= 15 is 0 Å². The normalized spacial score (nSPS) is 28.9. The van der Waals surface area contributed by atoms with E-state index in [1.54, 1.807) is 24.3 Å². The molecule has 22 heavy (non-hydrogen) atoms. The van der Waals surface area contributed by atoms with E-state index in [1.165, 1.54) is 4.90 Å². The van der Waals surface area contributed by atoms with Gasteiger partial charge in [-0.05, 0) is 25.0 Å². The Morgan fingerprint density at radius 1 is 1.23 bits per heavy atom. The minimum absolute atomic E-state index is 0.170. The number of carbonyl (C=O) groups excluding carboxylic acids is 3. The second-order valence-electron chi connectivity index (χ2n) is 6.01. The summed E-state index contributed by atoms with van der Waals surface area (Å²) >= 11 is 0. The maximum Gasteiger partial charge on any atom is 0.292 e. The average molecular weight is 302 g/mol. The lowest BCUT2D eigenvalue weighted by Gasteiger charge is -2.31. The van der Waals surface area contributed by atoms with Gasteiger partial charge in [0.2, 0.25) is 11.8 Å². The summed E-state index contributed by atoms with van der Waals surface area (Å²) in [6.07, 6.45) is 1.83. The van der Waals surface area contributed by atoms with E-state index < -0.39 is 6.04 Å². The number of primary amides is 1. The Labute approximate surface area is 128 Å². The average Bonchev–Trinajstić information content (AvgIpc) is 2.83. The number of amides is 3. The van der Waals surface area contributed by atoms with Crippen LogP contribution in [0.5, 0.6) is 0 Å². The molecule has 3 rings (SSSR count). The highest BCUT2D eigenvalue weighted by Gasteiger charge is 2.47. The van der Waals surface area contributed by atoms with Crippen LogP contribution in [0.4, 0.5) is 5.69 Å². The molecule has 3 amide bonds. The number of nitrogens with zero attached hydrogens (tertiary/aromatic N) is 1. The van der Waals surface area contributed by atoms with E-state index in [1.807, 2.05) is 6.07 Å². The van der Waals surface area contributed by atoms with E-state index in [0.29, 0.717) is 12.2 Å². The molecule has 6 heteroatoms. The second kappa shape index (κ2) is 5.88. The minimum atomic E-state index is -0.394. The molecule has 0 radical (unpaired) electrons. The first-order valence-electron chi connectivity index (χ1n) is 7.63. The van der Waals surface area contributed by atoms with Crippen LogP contribution in [0.3, 0.4) is 0 Å². The third-order valence-corrected chi connectivity index (χ3v) is 4.62. The first-order chi connectivity index (χ1) is 10.6. The van der Waals surface area contributed by atoms with Crippen molar-refractivity contribution in [1.29, 1.82) is 0 Å². The van der Waals surface area contributed by atoms with Crippen molar-refractivity contribution in [3.63, 3.8) is 0 Å². The monoisotopic (exact) mass is 302 g/mol. The molecule has 6 nitrogen and oxygen atoms in total. The van der Waals surface area contributed by atoms with E-state index in [2.05, 4.69) is 0 Å². The van der Waals surface area contributed by atoms with Crippen LogP contribution >= 0.6 is 0 Å². The quantitative estimate of drug-likeness (QED) is 0.710. The lowest BCUT2D eigenvalue weighted by atomic mass is 9.96. The van der Waals surface area contributed by atoms with Crippen LogP contribution in [0.1, 0.15) is 19.3 Å². The number of carbonyl (C=O) groups is 3. The maximum absolute atomic E-state index is 12.7. The lowest BCUT2D eigenvalue weighted by molar-refractivity contribution is -0.922. The molecule has 0 saturated carbocycles. The summed E-state index contributed by atoms with van der Waals surface area (Å²) in [5.41, 5.74) is 6.01. The number of hydrogen-bond acceptors (Lipinski definition) is 3. The third kappa shape index (κ3) is 2.62. The molecule has 2 heterocycles. The number of quaternary nitrogens is 1. The molecule has 1 aromatic rings. The van der Waals surface area contributed by atoms with Crippen molar-refractivity contribution in [1.82, 2.24) is 0 Å². The SMILES string of the molecule is NC(=O)[C@H]1CCC[NH+]([C@@H]2CC(=O)N(c3ccccc3)C2=O)C1. The largest absolute Gasteiger partial charge is 0.369 e. The number of hydrogen-bond donors (Lipinski definition) is 2. The molecule has 3 N–H and O–H groups in total. The predicted octanol–water partition coefficient (Wildman–Crippen LogP) is -0.901. The summed E-state index contributed by atoms with van der Waals surface area (Å²) in [6.45, 7) is 1.34. The van der Waals surface area contributed by atoms with Crippen LogP contribution in [-0.2, 0) is 14.4 Å². The molecule has 0 aromatic heterocycles. The summed E-state index contributed by atoms with van der Waals surface area (Å²) < 4.78 is 0. The van der Waals surface area contributed by atoms with Gasteiger partial charge in [-0.25, -0.2) is 4.90 Å². The highest BCUT2D eigenvalue weighted by atomic mass is 16.2. The van der Waals surface area contributed by atoms with Crippen LogP contribution < -0.4 is 15.5 Å². The van der Waals surface area contributed by atoms with Gasteiger partial charge in [0.25, 0.3) is 5.91 Å². The first kappa shape index (κ1) is 14.7. The zero-order chi connectivity index (χ0) is 15.7. The molecular formula is C16H20N3O3+. The highest BCUT2D eigenvalue weighted by Crippen LogP contribution is 2.22. The van der Waals surface area contributed by atoms with Gasteiger partial charge in [-0.1, -0.05) is 18.2 Å². The second-order valence-corrected chi connectivity index (χ2v) is 6.01. The number of para-hydroxylation sites is 1. The van der Waals surface area contributed by atoms with Gasteiger partial charge >= 0.3 is 0 Å². The minimum Gasteiger partial charge on any atom is -0.369 e. The molecule has 1 unspecified atom stereocenters. The summed E-state index contributed by atoms with van der Waals surface area (Å²) in [5, 5.41) is 0. The molecule has 0 aliphatic carbocycles. The van der Waals surface area contributed by atoms with Crippen molar-refractivity contribution in [2.75, 3.05) is 18.0 Å². The Hall–Kier alpha value is -2.21. The van der Waals surface area contributed by atoms with Gasteiger partial charge in [-0.15, -0.1) is 0 Å². The zero-order valence-electron chi connectivity index (χ0n) is 12.3. The van der Waals surface area contributed by atoms with Crippen LogP contribution in [0.15, 0.2) is 30.3 Å². The number of likely N-dealkylation sites (tertiary alicyclic amines) is 1. The van der Waals surface area contributed by atoms with Crippen LogP contribution in [0, 0.1) is 5.92 Å². The molecule has 0 bridgehead atoms. The van der Waals surface area contributed by atoms with Crippen molar-refractivity contribution in [3.05, 3.63) is 30.3 Å². The Morgan fingerprint density at radius 3 is 2.64 bits per heavy atom. The molecule has 1 aromatic carbocycles. The third-order valence-electron chi connectivity index (χ3n) is 4.62. The molecule has 3 atom stereocenters. The van der Waals surface area contributed by atoms with E-state index in [4.69, 9.17) is 5.73 Å². The number of nitrogens with one attached hydrogen (secondary N) is 1. The molecular weight excluding hydrogens is 282 g/mol. The summed E-state index contributed by atoms with van der Waals surface area (Å²) in [5.74, 6) is -0.850. The van der Waals surface area contributed by atoms with E-state index in [0.717, 1.165) is 24.3 Å². The van der Waals surface area contributed by atoms with Crippen molar-refractivity contribution < 1.29 is 19.3 Å². The lowest BCUT2D eigenvalue weighted by Crippen LogP contribution is -3.18. The Kier molecular flexibility index (Phi) is 3.94. The van der Waals surface area contributed by atoms with Gasteiger partial charge in [0.15, 0.2) is 6.04 Å². The van der Waals surface area contributed by atoms with Crippen LogP contribution in [-0.4, -0.2) is 36.9 Å². The standard InChI is InChI=1S/C16H19N3O3/c17-15(21)11-5-4-8-18(10-11)13-9-14(20)19(16(13)22)12-6-2-1-3-7-12/h1-3,6-7,11,13H,4-5,8-10H2,(H2,17,21)/p+1/t11-,13+/m0/s1. The highest BCUT2D eigenvalue weighted by molar-refractivity contribution is 6.21. The molecule has 2 aliphatic rings. The summed E-state index contributed by atoms with van der Waals surface area (Å²) in [4.78, 5) is 38.6. The molecule has 2 aliphatic heterocycles. The number of piperidine rings is 1. The van der Waals surface area contributed by atoms with Gasteiger partial charge in [-0.3, -0.25) is 14.4 Å².